The van der Waals surface area contributed by atoms with E-state index in [9.17, 15) is 9.59 Å². The number of benzene rings is 2. The summed E-state index contributed by atoms with van der Waals surface area (Å²) in [5.41, 5.74) is 3.95. The van der Waals surface area contributed by atoms with Gasteiger partial charge >= 0.3 is 0 Å². The molecule has 0 aliphatic heterocycles. The normalized spacial score (nSPS) is 31.9. The summed E-state index contributed by atoms with van der Waals surface area (Å²) in [6.07, 6.45) is 12.2. The highest BCUT2D eigenvalue weighted by atomic mass is 16.2. The molecule has 1 aromatic heterocycles. The number of imidazole rings is 1. The third-order valence-electron chi connectivity index (χ3n) is 10.0. The van der Waals surface area contributed by atoms with Crippen LogP contribution in [0.1, 0.15) is 91.8 Å². The lowest BCUT2D eigenvalue weighted by atomic mass is 9.53. The van der Waals surface area contributed by atoms with E-state index in [0.717, 1.165) is 65.9 Å². The number of amides is 2. The highest BCUT2D eigenvalue weighted by Gasteiger charge is 2.51. The fourth-order valence-corrected chi connectivity index (χ4v) is 8.42. The van der Waals surface area contributed by atoms with Gasteiger partial charge in [-0.15, -0.1) is 0 Å². The standard InChI is InChI=1S/C32H38N4O2/c1-19-4-2-3-5-26(19)35-30(37)24-8-6-23(7-9-24)29-33-27-11-10-25(15-28(27)34-29)31(38)36-32-16-20-12-21(17-32)14-22(13-20)18-32/h6-11,15,19-22,26H,2-5,12-14,16-18H2,1H3,(H,33,34)(H,35,37)(H,36,38). The predicted octanol–water partition coefficient (Wildman–Crippen LogP) is 6.24. The van der Waals surface area contributed by atoms with Gasteiger partial charge < -0.3 is 15.6 Å². The number of hydrogen-bond donors (Lipinski definition) is 3. The van der Waals surface area contributed by atoms with Crippen LogP contribution in [-0.4, -0.2) is 33.4 Å². The van der Waals surface area contributed by atoms with E-state index in [-0.39, 0.29) is 23.4 Å². The topological polar surface area (TPSA) is 86.9 Å². The Morgan fingerprint density at radius 1 is 0.868 bits per heavy atom. The lowest BCUT2D eigenvalue weighted by molar-refractivity contribution is -0.0167. The van der Waals surface area contributed by atoms with Crippen LogP contribution in [0.2, 0.25) is 0 Å². The average Bonchev–Trinajstić information content (AvgIpc) is 3.32. The Bertz CT molecular complexity index is 1340. The molecular formula is C32H38N4O2. The molecule has 6 heteroatoms. The molecule has 5 fully saturated rings. The molecule has 2 unspecified atom stereocenters. The van der Waals surface area contributed by atoms with Crippen molar-refractivity contribution in [2.45, 2.75) is 82.7 Å². The van der Waals surface area contributed by atoms with Crippen LogP contribution in [-0.2, 0) is 0 Å². The van der Waals surface area contributed by atoms with Gasteiger partial charge in [0.1, 0.15) is 5.82 Å². The third kappa shape index (κ3) is 4.42. The average molecular weight is 511 g/mol. The monoisotopic (exact) mass is 510 g/mol. The molecule has 2 atom stereocenters. The molecule has 0 radical (unpaired) electrons. The number of aromatic amines is 1. The first-order valence-electron chi connectivity index (χ1n) is 14.7. The second-order valence-electron chi connectivity index (χ2n) is 12.9. The Morgan fingerprint density at radius 3 is 2.21 bits per heavy atom. The van der Waals surface area contributed by atoms with E-state index in [1.165, 1.54) is 38.5 Å². The quantitative estimate of drug-likeness (QED) is 0.380. The van der Waals surface area contributed by atoms with E-state index in [4.69, 9.17) is 4.98 Å². The van der Waals surface area contributed by atoms with Gasteiger partial charge in [0, 0.05) is 28.3 Å². The van der Waals surface area contributed by atoms with E-state index in [1.807, 2.05) is 42.5 Å². The number of rotatable bonds is 5. The second kappa shape index (κ2) is 9.25. The number of carbonyl (C=O) groups excluding carboxylic acids is 2. The van der Waals surface area contributed by atoms with Crippen molar-refractivity contribution in [3.8, 4) is 11.4 Å². The van der Waals surface area contributed by atoms with Gasteiger partial charge in [-0.2, -0.15) is 0 Å². The molecule has 5 aliphatic rings. The fraction of sp³-hybridized carbons (Fsp3) is 0.531. The van der Waals surface area contributed by atoms with E-state index in [2.05, 4.69) is 22.5 Å². The molecule has 2 aromatic carbocycles. The molecule has 4 bridgehead atoms. The zero-order chi connectivity index (χ0) is 25.9. The van der Waals surface area contributed by atoms with Gasteiger partial charge in [-0.25, -0.2) is 4.98 Å². The molecular weight excluding hydrogens is 472 g/mol. The largest absolute Gasteiger partial charge is 0.349 e. The number of nitrogens with one attached hydrogen (secondary N) is 3. The van der Waals surface area contributed by atoms with Crippen LogP contribution in [0.25, 0.3) is 22.4 Å². The summed E-state index contributed by atoms with van der Waals surface area (Å²) in [6.45, 7) is 2.23. The highest BCUT2D eigenvalue weighted by molar-refractivity contribution is 5.98. The van der Waals surface area contributed by atoms with Crippen molar-refractivity contribution in [2.24, 2.45) is 23.7 Å². The lowest BCUT2D eigenvalue weighted by Gasteiger charge is -2.56. The van der Waals surface area contributed by atoms with Crippen LogP contribution in [0.5, 0.6) is 0 Å². The van der Waals surface area contributed by atoms with Crippen LogP contribution in [0.3, 0.4) is 0 Å². The Hall–Kier alpha value is -3.15. The molecule has 0 saturated heterocycles. The van der Waals surface area contributed by atoms with Crippen LogP contribution < -0.4 is 10.6 Å². The molecule has 8 rings (SSSR count). The van der Waals surface area contributed by atoms with Crippen LogP contribution in [0.4, 0.5) is 0 Å². The van der Waals surface area contributed by atoms with Crippen molar-refractivity contribution in [3.05, 3.63) is 53.6 Å². The number of aromatic nitrogens is 2. The SMILES string of the molecule is CC1CCCCC1NC(=O)c1ccc(-c2nc3cc(C(=O)NC45CC6CC(CC(C6)C4)C5)ccc3[nH]2)cc1. The van der Waals surface area contributed by atoms with Gasteiger partial charge in [0.2, 0.25) is 0 Å². The van der Waals surface area contributed by atoms with E-state index >= 15 is 0 Å². The smallest absolute Gasteiger partial charge is 0.251 e. The van der Waals surface area contributed by atoms with Crippen molar-refractivity contribution in [2.75, 3.05) is 0 Å². The van der Waals surface area contributed by atoms with Gasteiger partial charge in [0.25, 0.3) is 11.8 Å². The molecule has 38 heavy (non-hydrogen) atoms. The van der Waals surface area contributed by atoms with E-state index < -0.39 is 0 Å². The zero-order valence-corrected chi connectivity index (χ0v) is 22.3. The minimum absolute atomic E-state index is 0.000584. The third-order valence-corrected chi connectivity index (χ3v) is 10.0. The fourth-order valence-electron chi connectivity index (χ4n) is 8.42. The summed E-state index contributed by atoms with van der Waals surface area (Å²) in [7, 11) is 0. The summed E-state index contributed by atoms with van der Waals surface area (Å²) in [5.74, 6) is 3.69. The number of H-pyrrole nitrogens is 1. The maximum absolute atomic E-state index is 13.3. The molecule has 198 valence electrons. The van der Waals surface area contributed by atoms with Gasteiger partial charge in [-0.05, 0) is 105 Å². The number of hydrogen-bond acceptors (Lipinski definition) is 3. The Balaban J connectivity index is 1.05. The maximum Gasteiger partial charge on any atom is 0.251 e. The first kappa shape index (κ1) is 23.9. The van der Waals surface area contributed by atoms with Crippen molar-refractivity contribution in [3.63, 3.8) is 0 Å². The summed E-state index contributed by atoms with van der Waals surface area (Å²) >= 11 is 0. The number of carbonyl (C=O) groups is 2. The zero-order valence-electron chi connectivity index (χ0n) is 22.3. The highest BCUT2D eigenvalue weighted by Crippen LogP contribution is 2.55. The molecule has 5 aliphatic carbocycles. The molecule has 1 heterocycles. The summed E-state index contributed by atoms with van der Waals surface area (Å²) in [6, 6.07) is 13.6. The second-order valence-corrected chi connectivity index (χ2v) is 12.9. The minimum Gasteiger partial charge on any atom is -0.349 e. The van der Waals surface area contributed by atoms with E-state index in [1.54, 1.807) is 0 Å². The molecule has 0 spiro atoms. The predicted molar refractivity (Wildman–Crippen MR) is 149 cm³/mol. The summed E-state index contributed by atoms with van der Waals surface area (Å²) < 4.78 is 0. The van der Waals surface area contributed by atoms with Crippen LogP contribution in [0.15, 0.2) is 42.5 Å². The number of fused-ring (bicyclic) bond motifs is 1. The molecule has 3 aromatic rings. The van der Waals surface area contributed by atoms with Gasteiger partial charge in [0.15, 0.2) is 0 Å². The van der Waals surface area contributed by atoms with E-state index in [0.29, 0.717) is 17.0 Å². The first-order chi connectivity index (χ1) is 18.4. The molecule has 6 nitrogen and oxygen atoms in total. The van der Waals surface area contributed by atoms with Gasteiger partial charge in [0.05, 0.1) is 11.0 Å². The van der Waals surface area contributed by atoms with Crippen molar-refractivity contribution in [1.82, 2.24) is 20.6 Å². The molecule has 3 N–H and O–H groups in total. The maximum atomic E-state index is 13.3. The Labute approximate surface area is 224 Å². The Kier molecular flexibility index (Phi) is 5.82. The first-order valence-corrected chi connectivity index (χ1v) is 14.7. The molecule has 2 amide bonds. The van der Waals surface area contributed by atoms with Gasteiger partial charge in [-0.1, -0.05) is 31.9 Å². The van der Waals surface area contributed by atoms with Crippen molar-refractivity contribution in [1.29, 1.82) is 0 Å². The molecule has 5 saturated carbocycles. The van der Waals surface area contributed by atoms with Crippen molar-refractivity contribution >= 4 is 22.8 Å². The lowest BCUT2D eigenvalue weighted by Crippen LogP contribution is -2.59. The number of nitrogens with zero attached hydrogens (tertiary/aromatic N) is 1. The van der Waals surface area contributed by atoms with Gasteiger partial charge in [-0.3, -0.25) is 9.59 Å². The summed E-state index contributed by atoms with van der Waals surface area (Å²) in [5, 5.41) is 6.71. The summed E-state index contributed by atoms with van der Waals surface area (Å²) in [4.78, 5) is 34.3. The van der Waals surface area contributed by atoms with Crippen LogP contribution in [0, 0.1) is 23.7 Å². The van der Waals surface area contributed by atoms with Crippen molar-refractivity contribution < 1.29 is 9.59 Å². The van der Waals surface area contributed by atoms with Crippen LogP contribution >= 0.6 is 0 Å². The Morgan fingerprint density at radius 2 is 1.53 bits per heavy atom. The minimum atomic E-state index is -0.00502.